The molecule has 0 spiro atoms. The minimum atomic E-state index is 0.160. The van der Waals surface area contributed by atoms with E-state index in [0.29, 0.717) is 18.9 Å². The Morgan fingerprint density at radius 2 is 2.05 bits per heavy atom. The summed E-state index contributed by atoms with van der Waals surface area (Å²) in [7, 11) is 2.12. The maximum absolute atomic E-state index is 12.7. The van der Waals surface area contributed by atoms with Gasteiger partial charge in [-0.05, 0) is 25.1 Å². The summed E-state index contributed by atoms with van der Waals surface area (Å²) in [5, 5.41) is 0. The molecule has 0 aliphatic carbocycles. The Hall–Kier alpha value is -1.39. The molecule has 2 rings (SSSR count). The summed E-state index contributed by atoms with van der Waals surface area (Å²) in [6, 6.07) is 10.5. The molecule has 0 aromatic heterocycles. The summed E-state index contributed by atoms with van der Waals surface area (Å²) in [4.78, 5) is 17.0. The van der Waals surface area contributed by atoms with Gasteiger partial charge in [0.05, 0.1) is 6.04 Å². The van der Waals surface area contributed by atoms with Crippen molar-refractivity contribution in [3.8, 4) is 0 Å². The number of nitrogens with two attached hydrogens (primary N) is 1. The Labute approximate surface area is 127 Å². The van der Waals surface area contributed by atoms with Crippen molar-refractivity contribution in [2.45, 2.75) is 25.8 Å². The van der Waals surface area contributed by atoms with E-state index in [1.807, 2.05) is 23.1 Å². The molecule has 4 heteroatoms. The summed E-state index contributed by atoms with van der Waals surface area (Å²) in [6.07, 6.45) is 1.53. The molecule has 2 atom stereocenters. The number of carbonyl (C=O) groups is 1. The third-order valence-corrected chi connectivity index (χ3v) is 4.46. The molecule has 1 aliphatic rings. The van der Waals surface area contributed by atoms with E-state index in [4.69, 9.17) is 5.73 Å². The van der Waals surface area contributed by atoms with Crippen LogP contribution in [-0.2, 0) is 4.79 Å². The van der Waals surface area contributed by atoms with Crippen molar-refractivity contribution in [3.63, 3.8) is 0 Å². The van der Waals surface area contributed by atoms with Crippen molar-refractivity contribution < 1.29 is 4.79 Å². The fourth-order valence-corrected chi connectivity index (χ4v) is 2.94. The van der Waals surface area contributed by atoms with Crippen LogP contribution in [0.25, 0.3) is 0 Å². The van der Waals surface area contributed by atoms with Gasteiger partial charge in [0.1, 0.15) is 0 Å². The van der Waals surface area contributed by atoms with Crippen LogP contribution in [0.15, 0.2) is 30.3 Å². The van der Waals surface area contributed by atoms with E-state index in [9.17, 15) is 4.79 Å². The largest absolute Gasteiger partial charge is 0.333 e. The van der Waals surface area contributed by atoms with E-state index in [1.165, 1.54) is 5.56 Å². The zero-order chi connectivity index (χ0) is 15.2. The molecule has 1 fully saturated rings. The monoisotopic (exact) mass is 289 g/mol. The van der Waals surface area contributed by atoms with Gasteiger partial charge in [0.15, 0.2) is 0 Å². The Morgan fingerprint density at radius 1 is 1.33 bits per heavy atom. The van der Waals surface area contributed by atoms with Gasteiger partial charge in [0.2, 0.25) is 5.91 Å². The number of carbonyl (C=O) groups excluding carboxylic acids is 1. The third-order valence-electron chi connectivity index (χ3n) is 4.46. The van der Waals surface area contributed by atoms with E-state index in [0.717, 1.165) is 26.1 Å². The third kappa shape index (κ3) is 4.05. The molecule has 1 saturated heterocycles. The van der Waals surface area contributed by atoms with Crippen molar-refractivity contribution in [3.05, 3.63) is 35.9 Å². The summed E-state index contributed by atoms with van der Waals surface area (Å²) < 4.78 is 0. The summed E-state index contributed by atoms with van der Waals surface area (Å²) in [6.45, 7) is 5.33. The molecule has 0 bridgehead atoms. The van der Waals surface area contributed by atoms with E-state index in [1.54, 1.807) is 0 Å². The molecular formula is C17H27N3O. The van der Waals surface area contributed by atoms with Gasteiger partial charge >= 0.3 is 0 Å². The zero-order valence-electron chi connectivity index (χ0n) is 13.2. The Bertz CT molecular complexity index is 445. The number of rotatable bonds is 5. The van der Waals surface area contributed by atoms with E-state index in [-0.39, 0.29) is 11.9 Å². The minimum Gasteiger partial charge on any atom is -0.333 e. The van der Waals surface area contributed by atoms with E-state index >= 15 is 0 Å². The summed E-state index contributed by atoms with van der Waals surface area (Å²) in [5.74, 6) is 0.544. The van der Waals surface area contributed by atoms with Crippen molar-refractivity contribution in [2.24, 2.45) is 11.7 Å². The quantitative estimate of drug-likeness (QED) is 0.900. The van der Waals surface area contributed by atoms with Crippen LogP contribution in [0.5, 0.6) is 0 Å². The summed E-state index contributed by atoms with van der Waals surface area (Å²) in [5.41, 5.74) is 6.97. The van der Waals surface area contributed by atoms with Gasteiger partial charge in [-0.15, -0.1) is 0 Å². The fourth-order valence-electron chi connectivity index (χ4n) is 2.94. The number of benzene rings is 1. The molecular weight excluding hydrogens is 262 g/mol. The average Bonchev–Trinajstić information content (AvgIpc) is 2.53. The lowest BCUT2D eigenvalue weighted by molar-refractivity contribution is -0.137. The highest BCUT2D eigenvalue weighted by molar-refractivity contribution is 5.77. The Kier molecular flexibility index (Phi) is 5.76. The summed E-state index contributed by atoms with van der Waals surface area (Å²) >= 11 is 0. The molecule has 21 heavy (non-hydrogen) atoms. The molecule has 1 amide bonds. The van der Waals surface area contributed by atoms with E-state index < -0.39 is 0 Å². The van der Waals surface area contributed by atoms with Gasteiger partial charge in [-0.1, -0.05) is 43.7 Å². The Balaban J connectivity index is 2.13. The topological polar surface area (TPSA) is 49.6 Å². The van der Waals surface area contributed by atoms with Crippen LogP contribution >= 0.6 is 0 Å². The lowest BCUT2D eigenvalue weighted by Crippen LogP contribution is -2.49. The highest BCUT2D eigenvalue weighted by Crippen LogP contribution is 2.26. The molecule has 2 N–H and O–H groups in total. The molecule has 0 radical (unpaired) electrons. The lowest BCUT2D eigenvalue weighted by Gasteiger charge is -2.41. The second kappa shape index (κ2) is 7.57. The first kappa shape index (κ1) is 16.0. The predicted octanol–water partition coefficient (Wildman–Crippen LogP) is 1.88. The smallest absolute Gasteiger partial charge is 0.223 e. The Morgan fingerprint density at radius 3 is 2.67 bits per heavy atom. The van der Waals surface area contributed by atoms with Crippen LogP contribution in [0.4, 0.5) is 0 Å². The second-order valence-electron chi connectivity index (χ2n) is 5.99. The van der Waals surface area contributed by atoms with Crippen LogP contribution in [-0.4, -0.2) is 48.9 Å². The van der Waals surface area contributed by atoms with Gasteiger partial charge < -0.3 is 15.5 Å². The number of hydrogen-bond acceptors (Lipinski definition) is 3. The van der Waals surface area contributed by atoms with Crippen LogP contribution in [0, 0.1) is 5.92 Å². The normalized spacial score (nSPS) is 21.3. The first-order valence-electron chi connectivity index (χ1n) is 7.88. The van der Waals surface area contributed by atoms with Gasteiger partial charge in [-0.25, -0.2) is 0 Å². The number of piperazine rings is 1. The van der Waals surface area contributed by atoms with Crippen LogP contribution < -0.4 is 5.73 Å². The molecule has 1 aliphatic heterocycles. The maximum atomic E-state index is 12.7. The molecule has 116 valence electrons. The van der Waals surface area contributed by atoms with Crippen molar-refractivity contribution in [2.75, 3.05) is 33.2 Å². The van der Waals surface area contributed by atoms with Gasteiger partial charge in [0, 0.05) is 26.1 Å². The van der Waals surface area contributed by atoms with Gasteiger partial charge in [-0.2, -0.15) is 0 Å². The van der Waals surface area contributed by atoms with Crippen LogP contribution in [0.2, 0.25) is 0 Å². The molecule has 4 nitrogen and oxygen atoms in total. The highest BCUT2D eigenvalue weighted by Gasteiger charge is 2.30. The predicted molar refractivity (Wildman–Crippen MR) is 85.8 cm³/mol. The highest BCUT2D eigenvalue weighted by atomic mass is 16.2. The lowest BCUT2D eigenvalue weighted by atomic mass is 9.98. The van der Waals surface area contributed by atoms with Crippen LogP contribution in [0.3, 0.4) is 0 Å². The van der Waals surface area contributed by atoms with Gasteiger partial charge in [0.25, 0.3) is 0 Å². The van der Waals surface area contributed by atoms with Crippen molar-refractivity contribution in [1.82, 2.24) is 9.80 Å². The van der Waals surface area contributed by atoms with Crippen molar-refractivity contribution >= 4 is 5.91 Å². The SMILES string of the molecule is CCC(CN)CC(=O)N1CCN(C)CC1c1ccccc1. The van der Waals surface area contributed by atoms with E-state index in [2.05, 4.69) is 31.0 Å². The first-order chi connectivity index (χ1) is 10.2. The minimum absolute atomic E-state index is 0.160. The number of hydrogen-bond donors (Lipinski definition) is 1. The standard InChI is InChI=1S/C17H27N3O/c1-3-14(12-18)11-17(21)20-10-9-19(2)13-16(20)15-7-5-4-6-8-15/h4-8,14,16H,3,9-13,18H2,1-2H3. The first-order valence-corrected chi connectivity index (χ1v) is 7.88. The number of nitrogens with zero attached hydrogens (tertiary/aromatic N) is 2. The number of likely N-dealkylation sites (N-methyl/N-ethyl adjacent to an activating group) is 1. The molecule has 0 saturated carbocycles. The number of amides is 1. The fraction of sp³-hybridized carbons (Fsp3) is 0.588. The van der Waals surface area contributed by atoms with Crippen LogP contribution in [0.1, 0.15) is 31.4 Å². The molecule has 1 aromatic carbocycles. The van der Waals surface area contributed by atoms with Crippen molar-refractivity contribution in [1.29, 1.82) is 0 Å². The average molecular weight is 289 g/mol. The second-order valence-corrected chi connectivity index (χ2v) is 5.99. The zero-order valence-corrected chi connectivity index (χ0v) is 13.2. The van der Waals surface area contributed by atoms with Gasteiger partial charge in [-0.3, -0.25) is 4.79 Å². The maximum Gasteiger partial charge on any atom is 0.223 e. The molecule has 1 aromatic rings. The molecule has 1 heterocycles. The molecule has 2 unspecified atom stereocenters.